The monoisotopic (exact) mass is 468 g/mol. The molecule has 0 saturated carbocycles. The molecule has 9 heteroatoms. The van der Waals surface area contributed by atoms with Crippen LogP contribution in [-0.2, 0) is 0 Å². The standard InChI is InChI=1S/C25H20N6O2S/c1-13-10-19(26)18-11-14(2-8-20(18)28-13)23(32)29-16-4-6-17(7-5-16)30-24(33)15-3-9-21-22(12-15)34-25(27)31-21/h2-12H,1H3,(H2,26,28)(H2,27,31)(H,29,32)(H,30,33). The number of rotatable bonds is 4. The van der Waals surface area contributed by atoms with Crippen LogP contribution in [0.3, 0.4) is 0 Å². The second kappa shape index (κ2) is 8.45. The summed E-state index contributed by atoms with van der Waals surface area (Å²) >= 11 is 1.33. The number of benzene rings is 3. The number of carbonyl (C=O) groups excluding carboxylic acids is 2. The summed E-state index contributed by atoms with van der Waals surface area (Å²) in [6.07, 6.45) is 0. The molecule has 0 saturated heterocycles. The number of pyridine rings is 1. The molecular weight excluding hydrogens is 448 g/mol. The molecule has 168 valence electrons. The first-order valence-corrected chi connectivity index (χ1v) is 11.2. The van der Waals surface area contributed by atoms with E-state index in [9.17, 15) is 9.59 Å². The number of carbonyl (C=O) groups is 2. The fourth-order valence-corrected chi connectivity index (χ4v) is 4.43. The zero-order valence-corrected chi connectivity index (χ0v) is 18.9. The maximum absolute atomic E-state index is 12.7. The highest BCUT2D eigenvalue weighted by Gasteiger charge is 2.11. The number of amides is 2. The van der Waals surface area contributed by atoms with Crippen molar-refractivity contribution in [1.82, 2.24) is 9.97 Å². The molecule has 34 heavy (non-hydrogen) atoms. The van der Waals surface area contributed by atoms with Crippen LogP contribution in [0.1, 0.15) is 26.4 Å². The maximum Gasteiger partial charge on any atom is 0.255 e. The number of aromatic nitrogens is 2. The molecule has 0 fully saturated rings. The second-order valence-corrected chi connectivity index (χ2v) is 8.87. The lowest BCUT2D eigenvalue weighted by molar-refractivity contribution is 0.101. The fourth-order valence-electron chi connectivity index (χ4n) is 3.66. The van der Waals surface area contributed by atoms with E-state index in [1.165, 1.54) is 11.3 Å². The molecule has 0 spiro atoms. The van der Waals surface area contributed by atoms with Gasteiger partial charge in [-0.3, -0.25) is 14.6 Å². The van der Waals surface area contributed by atoms with E-state index >= 15 is 0 Å². The number of nitrogens with zero attached hydrogens (tertiary/aromatic N) is 2. The Morgan fingerprint density at radius 2 is 1.35 bits per heavy atom. The molecule has 2 heterocycles. The van der Waals surface area contributed by atoms with Crippen LogP contribution in [0.2, 0.25) is 0 Å². The fraction of sp³-hybridized carbons (Fsp3) is 0.0400. The molecule has 2 amide bonds. The summed E-state index contributed by atoms with van der Waals surface area (Å²) in [5.74, 6) is -0.515. The first-order chi connectivity index (χ1) is 16.4. The summed E-state index contributed by atoms with van der Waals surface area (Å²) in [6, 6.07) is 19.1. The maximum atomic E-state index is 12.7. The van der Waals surface area contributed by atoms with Gasteiger partial charge in [-0.1, -0.05) is 11.3 Å². The molecule has 6 N–H and O–H groups in total. The largest absolute Gasteiger partial charge is 0.398 e. The number of fused-ring (bicyclic) bond motifs is 2. The Labute approximate surface area is 198 Å². The third-order valence-corrected chi connectivity index (χ3v) is 6.15. The number of thiazole rings is 1. The van der Waals surface area contributed by atoms with E-state index in [1.807, 2.05) is 6.92 Å². The van der Waals surface area contributed by atoms with Crippen molar-refractivity contribution in [1.29, 1.82) is 0 Å². The summed E-state index contributed by atoms with van der Waals surface area (Å²) in [5, 5.41) is 6.91. The van der Waals surface area contributed by atoms with E-state index in [2.05, 4.69) is 20.6 Å². The lowest BCUT2D eigenvalue weighted by atomic mass is 10.1. The lowest BCUT2D eigenvalue weighted by Crippen LogP contribution is -2.13. The van der Waals surface area contributed by atoms with Gasteiger partial charge in [-0.15, -0.1) is 0 Å². The highest BCUT2D eigenvalue weighted by molar-refractivity contribution is 7.22. The molecule has 0 bridgehead atoms. The van der Waals surface area contributed by atoms with E-state index in [0.717, 1.165) is 26.8 Å². The van der Waals surface area contributed by atoms with Crippen LogP contribution in [0.4, 0.5) is 22.2 Å². The van der Waals surface area contributed by atoms with Gasteiger partial charge in [-0.25, -0.2) is 4.98 Å². The Morgan fingerprint density at radius 3 is 2.00 bits per heavy atom. The van der Waals surface area contributed by atoms with E-state index in [4.69, 9.17) is 11.5 Å². The summed E-state index contributed by atoms with van der Waals surface area (Å²) < 4.78 is 0.851. The topological polar surface area (TPSA) is 136 Å². The second-order valence-electron chi connectivity index (χ2n) is 7.80. The molecule has 2 aromatic heterocycles. The molecule has 0 aliphatic heterocycles. The molecule has 3 aromatic carbocycles. The SMILES string of the molecule is Cc1cc(N)c2cc(C(=O)Nc3ccc(NC(=O)c4ccc5nc(N)sc5c4)cc3)ccc2n1. The van der Waals surface area contributed by atoms with Crippen LogP contribution in [0.25, 0.3) is 21.1 Å². The van der Waals surface area contributed by atoms with Gasteiger partial charge >= 0.3 is 0 Å². The number of hydrogen-bond donors (Lipinski definition) is 4. The van der Waals surface area contributed by atoms with Crippen molar-refractivity contribution in [2.24, 2.45) is 0 Å². The Hall–Kier alpha value is -4.50. The van der Waals surface area contributed by atoms with E-state index < -0.39 is 0 Å². The molecule has 5 aromatic rings. The summed E-state index contributed by atoms with van der Waals surface area (Å²) in [4.78, 5) is 34.0. The number of hydrogen-bond acceptors (Lipinski definition) is 7. The van der Waals surface area contributed by atoms with E-state index in [0.29, 0.717) is 33.3 Å². The van der Waals surface area contributed by atoms with Gasteiger partial charge in [0.2, 0.25) is 0 Å². The molecular formula is C25H20N6O2S. The smallest absolute Gasteiger partial charge is 0.255 e. The Bertz CT molecular complexity index is 1580. The first kappa shape index (κ1) is 21.4. The van der Waals surface area contributed by atoms with Gasteiger partial charge in [-0.05, 0) is 73.7 Å². The number of nitrogen functional groups attached to an aromatic ring is 2. The van der Waals surface area contributed by atoms with Crippen molar-refractivity contribution >= 4 is 66.5 Å². The van der Waals surface area contributed by atoms with Gasteiger partial charge in [0.05, 0.1) is 15.7 Å². The highest BCUT2D eigenvalue weighted by atomic mass is 32.1. The average molecular weight is 469 g/mol. The summed E-state index contributed by atoms with van der Waals surface area (Å²) in [5.41, 5.74) is 16.9. The zero-order valence-electron chi connectivity index (χ0n) is 18.1. The Balaban J connectivity index is 1.27. The quantitative estimate of drug-likeness (QED) is 0.298. The molecule has 0 aliphatic rings. The predicted molar refractivity (Wildman–Crippen MR) is 137 cm³/mol. The van der Waals surface area contributed by atoms with Gasteiger partial charge in [0.1, 0.15) is 0 Å². The molecule has 0 atom stereocenters. The van der Waals surface area contributed by atoms with Crippen LogP contribution >= 0.6 is 11.3 Å². The molecule has 0 unspecified atom stereocenters. The van der Waals surface area contributed by atoms with Gasteiger partial charge in [0.15, 0.2) is 5.13 Å². The first-order valence-electron chi connectivity index (χ1n) is 10.4. The summed E-state index contributed by atoms with van der Waals surface area (Å²) in [7, 11) is 0. The number of nitrogens with one attached hydrogen (secondary N) is 2. The predicted octanol–water partition coefficient (Wildman–Crippen LogP) is 4.82. The minimum absolute atomic E-state index is 0.247. The van der Waals surface area contributed by atoms with Crippen LogP contribution in [0.5, 0.6) is 0 Å². The minimum atomic E-state index is -0.268. The molecule has 5 rings (SSSR count). The Kier molecular flexibility index (Phi) is 5.31. The minimum Gasteiger partial charge on any atom is -0.398 e. The van der Waals surface area contributed by atoms with Crippen LogP contribution in [-0.4, -0.2) is 21.8 Å². The summed E-state index contributed by atoms with van der Waals surface area (Å²) in [6.45, 7) is 1.87. The van der Waals surface area contributed by atoms with Crippen LogP contribution in [0.15, 0.2) is 66.7 Å². The molecule has 8 nitrogen and oxygen atoms in total. The van der Waals surface area contributed by atoms with E-state index in [-0.39, 0.29) is 11.8 Å². The third kappa shape index (κ3) is 4.24. The molecule has 0 radical (unpaired) electrons. The van der Waals surface area contributed by atoms with Gasteiger partial charge in [0.25, 0.3) is 11.8 Å². The Morgan fingerprint density at radius 1 is 0.765 bits per heavy atom. The number of anilines is 4. The third-order valence-electron chi connectivity index (χ3n) is 5.30. The van der Waals surface area contributed by atoms with Gasteiger partial charge < -0.3 is 22.1 Å². The van der Waals surface area contributed by atoms with Crippen molar-refractivity contribution in [3.05, 3.63) is 83.6 Å². The average Bonchev–Trinajstić information content (AvgIpc) is 3.19. The van der Waals surface area contributed by atoms with Gasteiger partial charge in [0, 0.05) is 39.3 Å². The van der Waals surface area contributed by atoms with Crippen molar-refractivity contribution in [3.8, 4) is 0 Å². The van der Waals surface area contributed by atoms with E-state index in [1.54, 1.807) is 66.7 Å². The highest BCUT2D eigenvalue weighted by Crippen LogP contribution is 2.26. The normalized spacial score (nSPS) is 11.0. The number of nitrogens with two attached hydrogens (primary N) is 2. The van der Waals surface area contributed by atoms with Crippen LogP contribution in [0, 0.1) is 6.92 Å². The lowest BCUT2D eigenvalue weighted by Gasteiger charge is -2.09. The number of aryl methyl sites for hydroxylation is 1. The zero-order chi connectivity index (χ0) is 23.8. The van der Waals surface area contributed by atoms with Crippen LogP contribution < -0.4 is 22.1 Å². The van der Waals surface area contributed by atoms with Crippen molar-refractivity contribution in [2.45, 2.75) is 6.92 Å². The molecule has 0 aliphatic carbocycles. The van der Waals surface area contributed by atoms with Crippen molar-refractivity contribution in [3.63, 3.8) is 0 Å². The van der Waals surface area contributed by atoms with Crippen molar-refractivity contribution in [2.75, 3.05) is 22.1 Å². The van der Waals surface area contributed by atoms with Gasteiger partial charge in [-0.2, -0.15) is 0 Å². The van der Waals surface area contributed by atoms with Crippen molar-refractivity contribution < 1.29 is 9.59 Å².